The maximum atomic E-state index is 10.3. The van der Waals surface area contributed by atoms with Crippen molar-refractivity contribution < 1.29 is 19.4 Å². The van der Waals surface area contributed by atoms with Crippen LogP contribution in [0.4, 0.5) is 0 Å². The fraction of sp³-hybridized carbons (Fsp3) is 0.444. The fourth-order valence-electron chi connectivity index (χ4n) is 2.65. The quantitative estimate of drug-likeness (QED) is 0.515. The Balaban J connectivity index is 2.07. The molecule has 0 radical (unpaired) electrons. The highest BCUT2D eigenvalue weighted by atomic mass is 16.5. The Bertz CT molecular complexity index is 842. The van der Waals surface area contributed by atoms with Gasteiger partial charge in [-0.1, -0.05) is 19.9 Å². The minimum absolute atomic E-state index is 0.411. The first-order valence-corrected chi connectivity index (χ1v) is 8.36. The second kappa shape index (κ2) is 7.05. The number of rotatable bonds is 7. The number of aromatic nitrogens is 3. The van der Waals surface area contributed by atoms with Gasteiger partial charge in [-0.05, 0) is 25.3 Å². The number of H-pyrrole nitrogens is 1. The predicted molar refractivity (Wildman–Crippen MR) is 91.3 cm³/mol. The summed E-state index contributed by atoms with van der Waals surface area (Å²) in [4.78, 5) is 7.83. The van der Waals surface area contributed by atoms with Crippen LogP contribution in [-0.2, 0) is 11.3 Å². The standard InChI is InChI=1S/C18H23N3O3/c1-4-23-11-16-19-13-10-21(22)14-6-5-7-15(17(14)18(13)20-16)24-9-8-12(2)3/h5-7,10,12,22H,4,8-9,11H2,1-3H3/p+1. The van der Waals surface area contributed by atoms with Gasteiger partial charge < -0.3 is 14.5 Å². The van der Waals surface area contributed by atoms with Gasteiger partial charge in [0.1, 0.15) is 34.6 Å². The van der Waals surface area contributed by atoms with Crippen molar-refractivity contribution in [3.8, 4) is 5.75 Å². The Kier molecular flexibility index (Phi) is 4.85. The first-order chi connectivity index (χ1) is 11.6. The molecule has 0 spiro atoms. The summed E-state index contributed by atoms with van der Waals surface area (Å²) in [6.45, 7) is 7.95. The molecule has 1 aromatic carbocycles. The zero-order valence-corrected chi connectivity index (χ0v) is 14.4. The molecule has 3 rings (SSSR count). The van der Waals surface area contributed by atoms with E-state index >= 15 is 0 Å². The van der Waals surface area contributed by atoms with E-state index < -0.39 is 0 Å². The van der Waals surface area contributed by atoms with Gasteiger partial charge in [0.15, 0.2) is 0 Å². The van der Waals surface area contributed by atoms with Crippen molar-refractivity contribution in [3.63, 3.8) is 0 Å². The van der Waals surface area contributed by atoms with E-state index in [1.807, 2.05) is 25.1 Å². The van der Waals surface area contributed by atoms with Crippen molar-refractivity contribution in [2.75, 3.05) is 13.2 Å². The monoisotopic (exact) mass is 330 g/mol. The van der Waals surface area contributed by atoms with Crippen LogP contribution in [-0.4, -0.2) is 28.4 Å². The summed E-state index contributed by atoms with van der Waals surface area (Å²) >= 11 is 0. The van der Waals surface area contributed by atoms with E-state index in [1.165, 1.54) is 0 Å². The molecule has 0 saturated carbocycles. The van der Waals surface area contributed by atoms with E-state index in [9.17, 15) is 5.21 Å². The molecule has 2 heterocycles. The molecule has 24 heavy (non-hydrogen) atoms. The summed E-state index contributed by atoms with van der Waals surface area (Å²) < 4.78 is 12.5. The molecule has 0 atom stereocenters. The molecule has 3 aromatic rings. The van der Waals surface area contributed by atoms with Crippen LogP contribution >= 0.6 is 0 Å². The summed E-state index contributed by atoms with van der Waals surface area (Å²) in [5.41, 5.74) is 2.20. The Hall–Kier alpha value is -2.34. The second-order valence-corrected chi connectivity index (χ2v) is 6.24. The Morgan fingerprint density at radius 2 is 2.17 bits per heavy atom. The lowest BCUT2D eigenvalue weighted by molar-refractivity contribution is -0.883. The van der Waals surface area contributed by atoms with Crippen molar-refractivity contribution >= 4 is 21.9 Å². The molecule has 6 nitrogen and oxygen atoms in total. The van der Waals surface area contributed by atoms with Crippen LogP contribution in [0, 0.1) is 5.92 Å². The zero-order valence-electron chi connectivity index (χ0n) is 14.4. The first kappa shape index (κ1) is 16.5. The van der Waals surface area contributed by atoms with Crippen LogP contribution in [0.3, 0.4) is 0 Å². The van der Waals surface area contributed by atoms with Gasteiger partial charge in [-0.15, -0.1) is 0 Å². The van der Waals surface area contributed by atoms with Gasteiger partial charge >= 0.3 is 0 Å². The Morgan fingerprint density at radius 3 is 2.92 bits per heavy atom. The average molecular weight is 330 g/mol. The first-order valence-electron chi connectivity index (χ1n) is 8.36. The number of hydrogen-bond acceptors (Lipinski definition) is 4. The molecule has 2 N–H and O–H groups in total. The third-order valence-electron chi connectivity index (χ3n) is 3.92. The molecule has 0 unspecified atom stereocenters. The molecular weight excluding hydrogens is 306 g/mol. The zero-order chi connectivity index (χ0) is 17.1. The lowest BCUT2D eigenvalue weighted by atomic mass is 10.1. The summed E-state index contributed by atoms with van der Waals surface area (Å²) in [5, 5.41) is 11.1. The van der Waals surface area contributed by atoms with Crippen molar-refractivity contribution in [1.82, 2.24) is 9.97 Å². The highest BCUT2D eigenvalue weighted by Crippen LogP contribution is 2.30. The molecule has 0 aliphatic carbocycles. The van der Waals surface area contributed by atoms with Crippen LogP contribution in [0.5, 0.6) is 5.75 Å². The smallest absolute Gasteiger partial charge is 0.270 e. The fourth-order valence-corrected chi connectivity index (χ4v) is 2.65. The SMILES string of the molecule is CCOCc1nc2c(c[n+](O)c3cccc(OCCC(C)C)c23)[nH]1. The van der Waals surface area contributed by atoms with E-state index in [0.29, 0.717) is 31.3 Å². The van der Waals surface area contributed by atoms with E-state index in [2.05, 4.69) is 23.8 Å². The molecular formula is C18H24N3O3+. The number of hydrogen-bond donors (Lipinski definition) is 2. The number of ether oxygens (including phenoxy) is 2. The topological polar surface area (TPSA) is 71.2 Å². The van der Waals surface area contributed by atoms with Gasteiger partial charge in [0.05, 0.1) is 6.61 Å². The number of pyridine rings is 1. The van der Waals surface area contributed by atoms with Crippen molar-refractivity contribution in [1.29, 1.82) is 0 Å². The summed E-state index contributed by atoms with van der Waals surface area (Å²) in [6.07, 6.45) is 2.60. The van der Waals surface area contributed by atoms with Gasteiger partial charge in [0.2, 0.25) is 6.20 Å². The third kappa shape index (κ3) is 3.28. The summed E-state index contributed by atoms with van der Waals surface area (Å²) in [7, 11) is 0. The minimum atomic E-state index is 0.411. The summed E-state index contributed by atoms with van der Waals surface area (Å²) in [6, 6.07) is 5.64. The Labute approximate surface area is 141 Å². The van der Waals surface area contributed by atoms with Crippen molar-refractivity contribution in [2.45, 2.75) is 33.8 Å². The van der Waals surface area contributed by atoms with E-state index in [1.54, 1.807) is 6.20 Å². The third-order valence-corrected chi connectivity index (χ3v) is 3.92. The molecule has 0 saturated heterocycles. The van der Waals surface area contributed by atoms with E-state index in [4.69, 9.17) is 9.47 Å². The molecule has 0 amide bonds. The summed E-state index contributed by atoms with van der Waals surface area (Å²) in [5.74, 6) is 2.04. The number of nitrogens with zero attached hydrogens (tertiary/aromatic N) is 2. The van der Waals surface area contributed by atoms with Crippen molar-refractivity contribution in [2.24, 2.45) is 5.92 Å². The maximum absolute atomic E-state index is 10.3. The molecule has 0 fully saturated rings. The van der Waals surface area contributed by atoms with E-state index in [0.717, 1.165) is 39.1 Å². The molecule has 6 heteroatoms. The van der Waals surface area contributed by atoms with Crippen LogP contribution in [0.1, 0.15) is 33.0 Å². The average Bonchev–Trinajstić information content (AvgIpc) is 2.95. The van der Waals surface area contributed by atoms with Gasteiger partial charge in [-0.3, -0.25) is 5.21 Å². The predicted octanol–water partition coefficient (Wildman–Crippen LogP) is 3.20. The maximum Gasteiger partial charge on any atom is 0.270 e. The lowest BCUT2D eigenvalue weighted by Crippen LogP contribution is -2.30. The number of aromatic amines is 1. The minimum Gasteiger partial charge on any atom is -0.493 e. The van der Waals surface area contributed by atoms with Gasteiger partial charge in [0, 0.05) is 17.4 Å². The highest BCUT2D eigenvalue weighted by Gasteiger charge is 2.20. The van der Waals surface area contributed by atoms with Gasteiger partial charge in [0.25, 0.3) is 5.52 Å². The van der Waals surface area contributed by atoms with Gasteiger partial charge in [-0.25, -0.2) is 4.98 Å². The number of imidazole rings is 1. The number of benzene rings is 1. The number of fused-ring (bicyclic) bond motifs is 3. The highest BCUT2D eigenvalue weighted by molar-refractivity contribution is 6.03. The molecule has 0 aliphatic heterocycles. The van der Waals surface area contributed by atoms with Gasteiger partial charge in [-0.2, -0.15) is 0 Å². The normalized spacial score (nSPS) is 11.7. The van der Waals surface area contributed by atoms with Crippen LogP contribution in [0.2, 0.25) is 0 Å². The van der Waals surface area contributed by atoms with E-state index in [-0.39, 0.29) is 0 Å². The van der Waals surface area contributed by atoms with Crippen LogP contribution in [0.15, 0.2) is 24.4 Å². The number of nitrogens with one attached hydrogen (secondary N) is 1. The molecule has 0 bridgehead atoms. The lowest BCUT2D eigenvalue weighted by Gasteiger charge is -2.09. The largest absolute Gasteiger partial charge is 0.493 e. The molecule has 0 aliphatic rings. The van der Waals surface area contributed by atoms with Crippen LogP contribution in [0.25, 0.3) is 21.9 Å². The van der Waals surface area contributed by atoms with Crippen molar-refractivity contribution in [3.05, 3.63) is 30.2 Å². The Morgan fingerprint density at radius 1 is 1.33 bits per heavy atom. The molecule has 128 valence electrons. The van der Waals surface area contributed by atoms with Crippen LogP contribution < -0.4 is 9.47 Å². The molecule has 2 aromatic heterocycles. The second-order valence-electron chi connectivity index (χ2n) is 6.24.